The highest BCUT2D eigenvalue weighted by molar-refractivity contribution is 7.16. The van der Waals surface area contributed by atoms with Crippen LogP contribution in [0.4, 0.5) is 5.00 Å². The topological polar surface area (TPSA) is 50.8 Å². The Balaban J connectivity index is 1.60. The Labute approximate surface area is 193 Å². The van der Waals surface area contributed by atoms with Crippen molar-refractivity contribution in [3.05, 3.63) is 75.2 Å². The molecule has 6 heteroatoms. The minimum atomic E-state index is -0.219. The molecule has 1 atom stereocenters. The number of benzene rings is 2. The lowest BCUT2D eigenvalue weighted by molar-refractivity contribution is 0.0925. The molecule has 0 saturated heterocycles. The molecule has 1 N–H and O–H groups in total. The summed E-state index contributed by atoms with van der Waals surface area (Å²) in [6.07, 6.45) is 4.20. The maximum atomic E-state index is 13.3. The summed E-state index contributed by atoms with van der Waals surface area (Å²) in [5.74, 6) is 1.47. The zero-order chi connectivity index (χ0) is 22.2. The van der Waals surface area contributed by atoms with E-state index in [1.54, 1.807) is 25.6 Å². The minimum absolute atomic E-state index is 0.0496. The van der Waals surface area contributed by atoms with Gasteiger partial charge in [-0.25, -0.2) is 0 Å². The lowest BCUT2D eigenvalue weighted by Crippen LogP contribution is -2.45. The molecule has 1 amide bonds. The summed E-state index contributed by atoms with van der Waals surface area (Å²) in [5, 5.41) is 4.39. The lowest BCUT2D eigenvalue weighted by Gasteiger charge is -2.38. The van der Waals surface area contributed by atoms with Crippen molar-refractivity contribution < 1.29 is 14.3 Å². The molecule has 0 fully saturated rings. The van der Waals surface area contributed by atoms with Gasteiger partial charge in [0.1, 0.15) is 11.2 Å². The molecule has 2 aliphatic rings. The van der Waals surface area contributed by atoms with Crippen LogP contribution < -0.4 is 19.7 Å². The number of rotatable bonds is 5. The maximum absolute atomic E-state index is 13.3. The molecule has 1 aliphatic carbocycles. The van der Waals surface area contributed by atoms with Crippen molar-refractivity contribution in [2.45, 2.75) is 45.3 Å². The van der Waals surface area contributed by atoms with Crippen LogP contribution in [-0.4, -0.2) is 20.1 Å². The Kier molecular flexibility index (Phi) is 5.55. The molecule has 1 aliphatic heterocycles. The number of ether oxygens (including phenoxy) is 2. The third-order valence-corrected chi connectivity index (χ3v) is 7.74. The fourth-order valence-corrected chi connectivity index (χ4v) is 6.14. The number of aryl methyl sites for hydroxylation is 2. The van der Waals surface area contributed by atoms with Crippen LogP contribution in [0.25, 0.3) is 0 Å². The molecule has 32 heavy (non-hydrogen) atoms. The van der Waals surface area contributed by atoms with Gasteiger partial charge >= 0.3 is 0 Å². The van der Waals surface area contributed by atoms with Crippen molar-refractivity contribution in [3.8, 4) is 11.5 Å². The molecule has 2 aromatic carbocycles. The highest BCUT2D eigenvalue weighted by Crippen LogP contribution is 2.46. The lowest BCUT2D eigenvalue weighted by atomic mass is 9.94. The van der Waals surface area contributed by atoms with Crippen molar-refractivity contribution in [2.24, 2.45) is 0 Å². The summed E-state index contributed by atoms with van der Waals surface area (Å²) in [6, 6.07) is 14.5. The van der Waals surface area contributed by atoms with Gasteiger partial charge in [-0.1, -0.05) is 35.9 Å². The fraction of sp³-hybridized carbons (Fsp3) is 0.346. The molecular weight excluding hydrogens is 420 g/mol. The van der Waals surface area contributed by atoms with Gasteiger partial charge in [0, 0.05) is 11.4 Å². The molecule has 0 radical (unpaired) electrons. The van der Waals surface area contributed by atoms with E-state index in [0.717, 1.165) is 41.0 Å². The van der Waals surface area contributed by atoms with Crippen LogP contribution in [0.1, 0.15) is 56.5 Å². The molecule has 0 unspecified atom stereocenters. The summed E-state index contributed by atoms with van der Waals surface area (Å²) in [4.78, 5) is 17.0. The summed E-state index contributed by atoms with van der Waals surface area (Å²) in [5.41, 5.74) is 5.53. The van der Waals surface area contributed by atoms with Gasteiger partial charge in [-0.05, 0) is 61.4 Å². The second-order valence-electron chi connectivity index (χ2n) is 8.49. The van der Waals surface area contributed by atoms with Crippen molar-refractivity contribution in [3.63, 3.8) is 0 Å². The van der Waals surface area contributed by atoms with Crippen LogP contribution in [0.2, 0.25) is 0 Å². The van der Waals surface area contributed by atoms with Crippen molar-refractivity contribution in [1.82, 2.24) is 5.32 Å². The molecule has 5 nitrogen and oxygen atoms in total. The Bertz CT molecular complexity index is 1150. The number of hydrogen-bond donors (Lipinski definition) is 1. The van der Waals surface area contributed by atoms with Gasteiger partial charge in [0.2, 0.25) is 0 Å². The van der Waals surface area contributed by atoms with Crippen LogP contribution >= 0.6 is 11.3 Å². The quantitative estimate of drug-likeness (QED) is 0.568. The number of carbonyl (C=O) groups is 1. The zero-order valence-electron chi connectivity index (χ0n) is 18.7. The molecule has 1 aromatic heterocycles. The summed E-state index contributed by atoms with van der Waals surface area (Å²) >= 11 is 1.80. The zero-order valence-corrected chi connectivity index (χ0v) is 19.6. The smallest absolute Gasteiger partial charge is 0.256 e. The van der Waals surface area contributed by atoms with E-state index in [-0.39, 0.29) is 12.1 Å². The van der Waals surface area contributed by atoms with E-state index in [9.17, 15) is 4.79 Å². The number of thiophene rings is 1. The second-order valence-corrected chi connectivity index (χ2v) is 9.58. The number of methoxy groups -OCH3 is 2. The minimum Gasteiger partial charge on any atom is -0.493 e. The first-order chi connectivity index (χ1) is 15.6. The largest absolute Gasteiger partial charge is 0.493 e. The molecular formula is C26H28N2O3S. The summed E-state index contributed by atoms with van der Waals surface area (Å²) in [6.45, 7) is 2.74. The molecule has 5 rings (SSSR count). The molecule has 0 bridgehead atoms. The molecule has 0 spiro atoms. The average molecular weight is 449 g/mol. The predicted molar refractivity (Wildman–Crippen MR) is 128 cm³/mol. The normalized spacial score (nSPS) is 17.4. The molecule has 3 aromatic rings. The number of hydrogen-bond acceptors (Lipinski definition) is 5. The highest BCUT2D eigenvalue weighted by atomic mass is 32.1. The number of nitrogens with zero attached hydrogens (tertiary/aromatic N) is 1. The van der Waals surface area contributed by atoms with E-state index in [1.165, 1.54) is 22.4 Å². The first kappa shape index (κ1) is 20.9. The van der Waals surface area contributed by atoms with E-state index in [2.05, 4.69) is 47.5 Å². The molecule has 2 heterocycles. The summed E-state index contributed by atoms with van der Waals surface area (Å²) in [7, 11) is 3.30. The third-order valence-electron chi connectivity index (χ3n) is 6.41. The first-order valence-electron chi connectivity index (χ1n) is 11.1. The molecule has 0 saturated carbocycles. The van der Waals surface area contributed by atoms with Crippen molar-refractivity contribution in [2.75, 3.05) is 19.1 Å². The Morgan fingerprint density at radius 3 is 2.53 bits per heavy atom. The third kappa shape index (κ3) is 3.62. The number of carbonyl (C=O) groups excluding carboxylic acids is 1. The van der Waals surface area contributed by atoms with Gasteiger partial charge in [-0.15, -0.1) is 11.3 Å². The fourth-order valence-electron chi connectivity index (χ4n) is 4.73. The van der Waals surface area contributed by atoms with E-state index in [4.69, 9.17) is 9.47 Å². The van der Waals surface area contributed by atoms with E-state index in [1.807, 2.05) is 12.1 Å². The number of amides is 1. The standard InChI is InChI=1S/C26H28N2O3S/c1-16-8-11-18(12-9-16)24-27-25(29)23-19-6-4-5-7-22(19)32-26(23)28(24)15-17-10-13-20(30-2)21(14-17)31-3/h8-14,24H,4-7,15H2,1-3H3,(H,27,29)/t24-/m0/s1. The van der Waals surface area contributed by atoms with Gasteiger partial charge in [-0.3, -0.25) is 4.79 Å². The van der Waals surface area contributed by atoms with Gasteiger partial charge in [0.25, 0.3) is 5.91 Å². The average Bonchev–Trinajstić information content (AvgIpc) is 3.21. The van der Waals surface area contributed by atoms with E-state index >= 15 is 0 Å². The summed E-state index contributed by atoms with van der Waals surface area (Å²) < 4.78 is 10.9. The van der Waals surface area contributed by atoms with Gasteiger partial charge in [0.05, 0.1) is 19.8 Å². The number of fused-ring (bicyclic) bond motifs is 3. The van der Waals surface area contributed by atoms with Crippen LogP contribution in [0.5, 0.6) is 11.5 Å². The van der Waals surface area contributed by atoms with E-state index < -0.39 is 0 Å². The number of nitrogens with one attached hydrogen (secondary N) is 1. The number of anilines is 1. The molecule has 166 valence electrons. The Hall–Kier alpha value is -2.99. The van der Waals surface area contributed by atoms with Crippen LogP contribution in [0, 0.1) is 6.92 Å². The van der Waals surface area contributed by atoms with Crippen molar-refractivity contribution >= 4 is 22.2 Å². The predicted octanol–water partition coefficient (Wildman–Crippen LogP) is 5.40. The SMILES string of the molecule is COc1ccc(CN2c3sc4c(c3C(=O)N[C@@H]2c2ccc(C)cc2)CCCC4)cc1OC. The van der Waals surface area contributed by atoms with Gasteiger partial charge in [-0.2, -0.15) is 0 Å². The van der Waals surface area contributed by atoms with Crippen LogP contribution in [0.3, 0.4) is 0 Å². The maximum Gasteiger partial charge on any atom is 0.256 e. The Morgan fingerprint density at radius 2 is 1.78 bits per heavy atom. The monoisotopic (exact) mass is 448 g/mol. The van der Waals surface area contributed by atoms with Crippen LogP contribution in [-0.2, 0) is 19.4 Å². The first-order valence-corrected chi connectivity index (χ1v) is 11.9. The highest BCUT2D eigenvalue weighted by Gasteiger charge is 2.37. The van der Waals surface area contributed by atoms with Crippen molar-refractivity contribution in [1.29, 1.82) is 0 Å². The Morgan fingerprint density at radius 1 is 1.03 bits per heavy atom. The second kappa shape index (κ2) is 8.51. The van der Waals surface area contributed by atoms with Crippen LogP contribution in [0.15, 0.2) is 42.5 Å². The van der Waals surface area contributed by atoms with E-state index in [0.29, 0.717) is 18.0 Å². The van der Waals surface area contributed by atoms with Gasteiger partial charge < -0.3 is 19.7 Å². The van der Waals surface area contributed by atoms with Gasteiger partial charge in [0.15, 0.2) is 11.5 Å².